The van der Waals surface area contributed by atoms with Crippen LogP contribution in [0.3, 0.4) is 0 Å². The smallest absolute Gasteiger partial charge is 0.223 e. The summed E-state index contributed by atoms with van der Waals surface area (Å²) in [5.74, 6) is 1.35. The van der Waals surface area contributed by atoms with Crippen LogP contribution in [0, 0.1) is 0 Å². The van der Waals surface area contributed by atoms with Crippen molar-refractivity contribution in [3.63, 3.8) is 0 Å². The number of carbonyl (C=O) groups excluding carboxylic acids is 2. The number of furan rings is 1. The summed E-state index contributed by atoms with van der Waals surface area (Å²) >= 11 is 0. The van der Waals surface area contributed by atoms with E-state index < -0.39 is 0 Å². The number of rotatable bonds is 2. The summed E-state index contributed by atoms with van der Waals surface area (Å²) in [6, 6.07) is 3.80. The fourth-order valence-corrected chi connectivity index (χ4v) is 2.64. The standard InChI is InChI=1S/C12H14N2O3/c15-8-10-2-4-12(17-10)13-5-6-14-9(7-13)1-3-11(14)16/h2,4,8-9H,1,3,5-7H2. The molecule has 3 rings (SSSR count). The van der Waals surface area contributed by atoms with Crippen molar-refractivity contribution in [3.05, 3.63) is 17.9 Å². The number of fused-ring (bicyclic) bond motifs is 1. The highest BCUT2D eigenvalue weighted by Gasteiger charge is 2.36. The van der Waals surface area contributed by atoms with Crippen molar-refractivity contribution in [3.8, 4) is 0 Å². The number of anilines is 1. The van der Waals surface area contributed by atoms with Gasteiger partial charge in [0.1, 0.15) is 0 Å². The fourth-order valence-electron chi connectivity index (χ4n) is 2.64. The van der Waals surface area contributed by atoms with Crippen molar-refractivity contribution >= 4 is 18.1 Å². The van der Waals surface area contributed by atoms with E-state index in [1.54, 1.807) is 6.07 Å². The minimum Gasteiger partial charge on any atom is -0.438 e. The summed E-state index contributed by atoms with van der Waals surface area (Å²) < 4.78 is 5.40. The molecule has 2 aliphatic heterocycles. The summed E-state index contributed by atoms with van der Waals surface area (Å²) in [4.78, 5) is 26.2. The molecule has 0 radical (unpaired) electrons. The number of piperazine rings is 1. The summed E-state index contributed by atoms with van der Waals surface area (Å²) in [5.41, 5.74) is 0. The van der Waals surface area contributed by atoms with E-state index in [2.05, 4.69) is 4.90 Å². The maximum absolute atomic E-state index is 11.5. The molecule has 0 aromatic carbocycles. The zero-order chi connectivity index (χ0) is 11.8. The molecule has 1 amide bonds. The second-order valence-corrected chi connectivity index (χ2v) is 4.52. The van der Waals surface area contributed by atoms with E-state index in [-0.39, 0.29) is 5.91 Å². The van der Waals surface area contributed by atoms with Gasteiger partial charge in [0.15, 0.2) is 17.9 Å². The van der Waals surface area contributed by atoms with Crippen LogP contribution in [0.5, 0.6) is 0 Å². The molecule has 0 aliphatic carbocycles. The van der Waals surface area contributed by atoms with E-state index in [1.807, 2.05) is 11.0 Å². The van der Waals surface area contributed by atoms with Gasteiger partial charge in [0, 0.05) is 38.2 Å². The third-order valence-corrected chi connectivity index (χ3v) is 3.53. The van der Waals surface area contributed by atoms with Crippen molar-refractivity contribution in [2.75, 3.05) is 24.5 Å². The first-order valence-corrected chi connectivity index (χ1v) is 5.87. The van der Waals surface area contributed by atoms with Crippen LogP contribution in [0.15, 0.2) is 16.5 Å². The molecule has 1 atom stereocenters. The average molecular weight is 234 g/mol. The molecular formula is C12H14N2O3. The average Bonchev–Trinajstić information content (AvgIpc) is 2.96. The number of hydrogen-bond donors (Lipinski definition) is 0. The molecule has 0 N–H and O–H groups in total. The molecule has 1 aromatic rings. The van der Waals surface area contributed by atoms with Gasteiger partial charge in [-0.1, -0.05) is 0 Å². The lowest BCUT2D eigenvalue weighted by Gasteiger charge is -2.37. The van der Waals surface area contributed by atoms with Crippen molar-refractivity contribution in [1.82, 2.24) is 4.90 Å². The van der Waals surface area contributed by atoms with Gasteiger partial charge in [-0.05, 0) is 12.5 Å². The van der Waals surface area contributed by atoms with Gasteiger partial charge < -0.3 is 14.2 Å². The Balaban J connectivity index is 1.74. The van der Waals surface area contributed by atoms with E-state index in [0.717, 1.165) is 31.9 Å². The van der Waals surface area contributed by atoms with Gasteiger partial charge in [-0.2, -0.15) is 0 Å². The Hall–Kier alpha value is -1.78. The molecule has 0 bridgehead atoms. The lowest BCUT2D eigenvalue weighted by molar-refractivity contribution is -0.129. The predicted molar refractivity (Wildman–Crippen MR) is 61.0 cm³/mol. The van der Waals surface area contributed by atoms with Crippen LogP contribution >= 0.6 is 0 Å². The van der Waals surface area contributed by atoms with Gasteiger partial charge >= 0.3 is 0 Å². The van der Waals surface area contributed by atoms with E-state index in [4.69, 9.17) is 4.42 Å². The first kappa shape index (κ1) is 10.4. The minimum absolute atomic E-state index is 0.266. The Morgan fingerprint density at radius 1 is 1.35 bits per heavy atom. The molecule has 5 nitrogen and oxygen atoms in total. The van der Waals surface area contributed by atoms with E-state index in [1.165, 1.54) is 0 Å². The van der Waals surface area contributed by atoms with Gasteiger partial charge in [-0.25, -0.2) is 0 Å². The van der Waals surface area contributed by atoms with Gasteiger partial charge in [-0.3, -0.25) is 9.59 Å². The first-order chi connectivity index (χ1) is 8.28. The number of amides is 1. The second kappa shape index (κ2) is 3.91. The molecule has 3 heterocycles. The van der Waals surface area contributed by atoms with Crippen molar-refractivity contribution in [2.45, 2.75) is 18.9 Å². The first-order valence-electron chi connectivity index (χ1n) is 5.87. The number of hydrogen-bond acceptors (Lipinski definition) is 4. The highest BCUT2D eigenvalue weighted by molar-refractivity contribution is 5.79. The molecule has 90 valence electrons. The Labute approximate surface area is 99.0 Å². The quantitative estimate of drug-likeness (QED) is 0.713. The van der Waals surface area contributed by atoms with Crippen molar-refractivity contribution in [1.29, 1.82) is 0 Å². The second-order valence-electron chi connectivity index (χ2n) is 4.52. The van der Waals surface area contributed by atoms with E-state index in [0.29, 0.717) is 24.5 Å². The monoisotopic (exact) mass is 234 g/mol. The number of nitrogens with zero attached hydrogens (tertiary/aromatic N) is 2. The van der Waals surface area contributed by atoms with Crippen LogP contribution < -0.4 is 4.90 Å². The highest BCUT2D eigenvalue weighted by atomic mass is 16.4. The summed E-state index contributed by atoms with van der Waals surface area (Å²) in [6.07, 6.45) is 2.30. The minimum atomic E-state index is 0.266. The normalized spacial score (nSPS) is 24.0. The maximum atomic E-state index is 11.5. The Bertz CT molecular complexity index is 454. The molecule has 2 saturated heterocycles. The summed E-state index contributed by atoms with van der Waals surface area (Å²) in [7, 11) is 0. The van der Waals surface area contributed by atoms with E-state index in [9.17, 15) is 9.59 Å². The van der Waals surface area contributed by atoms with Crippen molar-refractivity contribution < 1.29 is 14.0 Å². The lowest BCUT2D eigenvalue weighted by Crippen LogP contribution is -2.51. The largest absolute Gasteiger partial charge is 0.438 e. The molecule has 2 fully saturated rings. The molecule has 17 heavy (non-hydrogen) atoms. The van der Waals surface area contributed by atoms with Crippen LogP contribution in [-0.4, -0.2) is 42.8 Å². The van der Waals surface area contributed by atoms with Crippen molar-refractivity contribution in [2.24, 2.45) is 0 Å². The van der Waals surface area contributed by atoms with Gasteiger partial charge in [-0.15, -0.1) is 0 Å². The van der Waals surface area contributed by atoms with Crippen LogP contribution in [-0.2, 0) is 4.79 Å². The van der Waals surface area contributed by atoms with Crippen LogP contribution in [0.1, 0.15) is 23.4 Å². The zero-order valence-electron chi connectivity index (χ0n) is 9.46. The molecule has 5 heteroatoms. The third kappa shape index (κ3) is 1.71. The Morgan fingerprint density at radius 2 is 2.24 bits per heavy atom. The maximum Gasteiger partial charge on any atom is 0.223 e. The Kier molecular flexibility index (Phi) is 2.39. The molecule has 1 aromatic heterocycles. The van der Waals surface area contributed by atoms with Gasteiger partial charge in [0.25, 0.3) is 0 Å². The molecule has 2 aliphatic rings. The van der Waals surface area contributed by atoms with Crippen LogP contribution in [0.4, 0.5) is 5.88 Å². The third-order valence-electron chi connectivity index (χ3n) is 3.53. The molecule has 0 saturated carbocycles. The van der Waals surface area contributed by atoms with E-state index >= 15 is 0 Å². The van der Waals surface area contributed by atoms with Crippen LogP contribution in [0.25, 0.3) is 0 Å². The predicted octanol–water partition coefficient (Wildman–Crippen LogP) is 0.903. The lowest BCUT2D eigenvalue weighted by atomic mass is 10.1. The highest BCUT2D eigenvalue weighted by Crippen LogP contribution is 2.27. The van der Waals surface area contributed by atoms with Gasteiger partial charge in [0.05, 0.1) is 0 Å². The summed E-state index contributed by atoms with van der Waals surface area (Å²) in [6.45, 7) is 2.33. The summed E-state index contributed by atoms with van der Waals surface area (Å²) in [5, 5.41) is 0. The molecular weight excluding hydrogens is 220 g/mol. The zero-order valence-corrected chi connectivity index (χ0v) is 9.46. The SMILES string of the molecule is O=Cc1ccc(N2CCN3C(=O)CCC3C2)o1. The van der Waals surface area contributed by atoms with Crippen LogP contribution in [0.2, 0.25) is 0 Å². The molecule has 1 unspecified atom stereocenters. The Morgan fingerprint density at radius 3 is 3.00 bits per heavy atom. The molecule has 0 spiro atoms. The topological polar surface area (TPSA) is 53.8 Å². The van der Waals surface area contributed by atoms with Gasteiger partial charge in [0.2, 0.25) is 5.91 Å². The number of carbonyl (C=O) groups is 2. The fraction of sp³-hybridized carbons (Fsp3) is 0.500. The number of aldehydes is 1.